The molecule has 8 nitrogen and oxygen atoms in total. The van der Waals surface area contributed by atoms with E-state index in [1.165, 1.54) is 4.52 Å². The number of H-pyrrole nitrogens is 1. The van der Waals surface area contributed by atoms with Gasteiger partial charge in [0.15, 0.2) is 5.65 Å². The molecule has 0 aromatic carbocycles. The highest BCUT2D eigenvalue weighted by Crippen LogP contribution is 2.08. The quantitative estimate of drug-likeness (QED) is 0.694. The van der Waals surface area contributed by atoms with Crippen molar-refractivity contribution in [3.63, 3.8) is 0 Å². The van der Waals surface area contributed by atoms with E-state index in [1.54, 1.807) is 16.8 Å². The van der Waals surface area contributed by atoms with Crippen molar-refractivity contribution in [2.24, 2.45) is 7.05 Å². The van der Waals surface area contributed by atoms with Crippen LogP contribution in [-0.4, -0.2) is 29.6 Å². The summed E-state index contributed by atoms with van der Waals surface area (Å²) in [6, 6.07) is 3.50. The Morgan fingerprint density at radius 3 is 2.95 bits per heavy atom. The van der Waals surface area contributed by atoms with Crippen molar-refractivity contribution in [1.29, 1.82) is 0 Å². The van der Waals surface area contributed by atoms with Crippen molar-refractivity contribution < 1.29 is 0 Å². The number of anilines is 1. The molecule has 0 aliphatic rings. The highest BCUT2D eigenvalue weighted by molar-refractivity contribution is 5.43. The van der Waals surface area contributed by atoms with Gasteiger partial charge in [-0.05, 0) is 19.1 Å². The zero-order valence-electron chi connectivity index (χ0n) is 10.6. The Bertz CT molecular complexity index is 782. The Hall–Kier alpha value is -2.64. The zero-order valence-corrected chi connectivity index (χ0v) is 10.6. The molecule has 0 aliphatic carbocycles. The summed E-state index contributed by atoms with van der Waals surface area (Å²) < 4.78 is 2.99. The van der Waals surface area contributed by atoms with Crippen LogP contribution in [0.2, 0.25) is 0 Å². The molecule has 0 atom stereocenters. The maximum Gasteiger partial charge on any atom is 0.364 e. The summed E-state index contributed by atoms with van der Waals surface area (Å²) in [6.45, 7) is 2.55. The lowest BCUT2D eigenvalue weighted by Gasteiger charge is -2.04. The van der Waals surface area contributed by atoms with Crippen molar-refractivity contribution in [3.8, 4) is 0 Å². The van der Waals surface area contributed by atoms with Crippen molar-refractivity contribution in [3.05, 3.63) is 40.1 Å². The molecule has 0 unspecified atom stereocenters. The number of nitrogens with zero attached hydrogens (tertiary/aromatic N) is 5. The summed E-state index contributed by atoms with van der Waals surface area (Å²) in [4.78, 5) is 11.4. The normalized spacial score (nSPS) is 11.1. The average molecular weight is 259 g/mol. The second-order valence-corrected chi connectivity index (χ2v) is 4.28. The first kappa shape index (κ1) is 11.5. The molecule has 0 saturated heterocycles. The van der Waals surface area contributed by atoms with Crippen LogP contribution < -0.4 is 11.0 Å². The van der Waals surface area contributed by atoms with Crippen LogP contribution in [0.1, 0.15) is 11.3 Å². The van der Waals surface area contributed by atoms with Crippen molar-refractivity contribution in [2.75, 3.05) is 5.32 Å². The zero-order chi connectivity index (χ0) is 13.4. The number of fused-ring (bicyclic) bond motifs is 1. The van der Waals surface area contributed by atoms with Crippen LogP contribution >= 0.6 is 0 Å². The minimum Gasteiger partial charge on any atom is -0.364 e. The van der Waals surface area contributed by atoms with E-state index in [0.717, 1.165) is 11.3 Å². The number of hydrogen-bond donors (Lipinski definition) is 2. The topological polar surface area (TPSA) is 92.9 Å². The molecule has 0 bridgehead atoms. The van der Waals surface area contributed by atoms with Gasteiger partial charge in [0, 0.05) is 25.4 Å². The Kier molecular flexibility index (Phi) is 2.55. The maximum absolute atomic E-state index is 11.4. The molecular weight excluding hydrogens is 246 g/mol. The molecule has 2 N–H and O–H groups in total. The molecule has 0 aliphatic heterocycles. The van der Waals surface area contributed by atoms with Gasteiger partial charge >= 0.3 is 5.69 Å². The molecule has 3 aromatic heterocycles. The van der Waals surface area contributed by atoms with Gasteiger partial charge in [-0.1, -0.05) is 0 Å². The van der Waals surface area contributed by atoms with Crippen LogP contribution in [0.15, 0.2) is 23.1 Å². The number of rotatable bonds is 3. The minimum atomic E-state index is -0.351. The smallest absolute Gasteiger partial charge is 0.364 e. The molecule has 0 fully saturated rings. The van der Waals surface area contributed by atoms with Gasteiger partial charge < -0.3 is 5.32 Å². The highest BCUT2D eigenvalue weighted by atomic mass is 16.2. The van der Waals surface area contributed by atoms with E-state index in [9.17, 15) is 4.79 Å². The lowest BCUT2D eigenvalue weighted by molar-refractivity contribution is 0.756. The van der Waals surface area contributed by atoms with E-state index in [2.05, 4.69) is 25.7 Å². The fourth-order valence-electron chi connectivity index (χ4n) is 1.91. The van der Waals surface area contributed by atoms with Gasteiger partial charge in [-0.25, -0.2) is 9.89 Å². The molecule has 8 heteroatoms. The summed E-state index contributed by atoms with van der Waals surface area (Å²) >= 11 is 0. The number of aromatic amines is 1. The predicted octanol–water partition coefficient (Wildman–Crippen LogP) is 0.0716. The third-order valence-electron chi connectivity index (χ3n) is 2.85. The summed E-state index contributed by atoms with van der Waals surface area (Å²) in [5.41, 5.74) is 2.20. The lowest BCUT2D eigenvalue weighted by atomic mass is 10.2. The summed E-state index contributed by atoms with van der Waals surface area (Å²) in [7, 11) is 1.88. The van der Waals surface area contributed by atoms with Gasteiger partial charge in [-0.15, -0.1) is 5.10 Å². The highest BCUT2D eigenvalue weighted by Gasteiger charge is 2.05. The van der Waals surface area contributed by atoms with E-state index in [1.807, 2.05) is 20.2 Å². The first-order valence-corrected chi connectivity index (χ1v) is 5.81. The molecule has 19 heavy (non-hydrogen) atoms. The van der Waals surface area contributed by atoms with Gasteiger partial charge in [-0.3, -0.25) is 4.68 Å². The largest absolute Gasteiger partial charge is 0.364 e. The Labute approximate surface area is 108 Å². The van der Waals surface area contributed by atoms with E-state index < -0.39 is 0 Å². The second-order valence-electron chi connectivity index (χ2n) is 4.28. The van der Waals surface area contributed by atoms with Crippen LogP contribution in [0.3, 0.4) is 0 Å². The van der Waals surface area contributed by atoms with Crippen LogP contribution in [0.4, 0.5) is 5.82 Å². The Morgan fingerprint density at radius 1 is 1.37 bits per heavy atom. The van der Waals surface area contributed by atoms with Crippen molar-refractivity contribution in [2.45, 2.75) is 13.5 Å². The van der Waals surface area contributed by atoms with E-state index in [4.69, 9.17) is 0 Å². The summed E-state index contributed by atoms with van der Waals surface area (Å²) in [5, 5.41) is 17.7. The molecule has 0 saturated carbocycles. The molecule has 3 rings (SSSR count). The van der Waals surface area contributed by atoms with Gasteiger partial charge in [0.25, 0.3) is 0 Å². The first-order valence-electron chi connectivity index (χ1n) is 5.81. The third kappa shape index (κ3) is 2.07. The maximum atomic E-state index is 11.4. The molecule has 3 aromatic rings. The number of nitrogens with one attached hydrogen (secondary N) is 2. The summed E-state index contributed by atoms with van der Waals surface area (Å²) in [6.07, 6.45) is 1.95. The fraction of sp³-hybridized carbons (Fsp3) is 0.273. The third-order valence-corrected chi connectivity index (χ3v) is 2.85. The predicted molar refractivity (Wildman–Crippen MR) is 68.9 cm³/mol. The van der Waals surface area contributed by atoms with Crippen molar-refractivity contribution in [1.82, 2.24) is 29.6 Å². The molecule has 0 radical (unpaired) electrons. The van der Waals surface area contributed by atoms with E-state index >= 15 is 0 Å². The standard InChI is InChI=1S/C11H13N7O/c1-7-8(6-17(2)15-7)5-12-9-3-4-10-13-14-11(19)18(10)16-9/h3-4,6H,5H2,1-2H3,(H,12,16)(H,14,19). The van der Waals surface area contributed by atoms with Crippen LogP contribution in [-0.2, 0) is 13.6 Å². The fourth-order valence-corrected chi connectivity index (χ4v) is 1.91. The first-order chi connectivity index (χ1) is 9.13. The Morgan fingerprint density at radius 2 is 2.21 bits per heavy atom. The number of aromatic nitrogens is 6. The second kappa shape index (κ2) is 4.23. The van der Waals surface area contributed by atoms with Crippen molar-refractivity contribution >= 4 is 11.5 Å². The van der Waals surface area contributed by atoms with Crippen LogP contribution in [0.5, 0.6) is 0 Å². The molecule has 0 spiro atoms. The SMILES string of the molecule is Cc1nn(C)cc1CNc1ccc2n[nH]c(=O)n2n1. The minimum absolute atomic E-state index is 0.351. The monoisotopic (exact) mass is 259 g/mol. The van der Waals surface area contributed by atoms with Crippen LogP contribution in [0.25, 0.3) is 5.65 Å². The van der Waals surface area contributed by atoms with Gasteiger partial charge in [0.1, 0.15) is 5.82 Å². The molecule has 0 amide bonds. The van der Waals surface area contributed by atoms with Gasteiger partial charge in [0.05, 0.1) is 5.69 Å². The van der Waals surface area contributed by atoms with Crippen LogP contribution in [0, 0.1) is 6.92 Å². The molecule has 3 heterocycles. The van der Waals surface area contributed by atoms with Gasteiger partial charge in [-0.2, -0.15) is 14.7 Å². The molecular formula is C11H13N7O. The summed E-state index contributed by atoms with van der Waals surface area (Å²) in [5.74, 6) is 0.610. The molecule has 98 valence electrons. The Balaban J connectivity index is 1.83. The number of aryl methyl sites for hydroxylation is 2. The number of hydrogen-bond acceptors (Lipinski definition) is 5. The average Bonchev–Trinajstić information content (AvgIpc) is 2.90. The van der Waals surface area contributed by atoms with E-state index in [-0.39, 0.29) is 5.69 Å². The van der Waals surface area contributed by atoms with Gasteiger partial charge in [0.2, 0.25) is 0 Å². The van der Waals surface area contributed by atoms with E-state index in [0.29, 0.717) is 18.0 Å². The lowest BCUT2D eigenvalue weighted by Crippen LogP contribution is -2.14.